The summed E-state index contributed by atoms with van der Waals surface area (Å²) in [6, 6.07) is 13.0. The molecular weight excluding hydrogens is 350 g/mol. The van der Waals surface area contributed by atoms with Gasteiger partial charge in [0, 0.05) is 30.5 Å². The van der Waals surface area contributed by atoms with E-state index in [-0.39, 0.29) is 29.8 Å². The molecule has 0 fully saturated rings. The monoisotopic (exact) mass is 365 g/mol. The highest BCUT2D eigenvalue weighted by molar-refractivity contribution is 5.83. The van der Waals surface area contributed by atoms with Gasteiger partial charge in [0.05, 0.1) is 22.2 Å². The molecule has 0 unspecified atom stereocenters. The third-order valence-electron chi connectivity index (χ3n) is 3.74. The molecule has 2 N–H and O–H groups in total. The Balaban J connectivity index is 1.58. The van der Waals surface area contributed by atoms with Crippen molar-refractivity contribution < 1.29 is 9.72 Å². The molecule has 1 heterocycles. The Hall–Kier alpha value is -3.88. The molecule has 0 radical (unpaired) electrons. The van der Waals surface area contributed by atoms with Crippen molar-refractivity contribution >= 4 is 28.8 Å². The highest BCUT2D eigenvalue weighted by Gasteiger charge is 2.08. The quantitative estimate of drug-likeness (QED) is 0.391. The molecule has 0 aliphatic carbocycles. The van der Waals surface area contributed by atoms with Gasteiger partial charge in [0.15, 0.2) is 0 Å². The number of benzene rings is 2. The fourth-order valence-electron chi connectivity index (χ4n) is 2.42. The lowest BCUT2D eigenvalue weighted by Gasteiger charge is -2.02. The van der Waals surface area contributed by atoms with Gasteiger partial charge in [0.2, 0.25) is 5.91 Å². The lowest BCUT2D eigenvalue weighted by molar-refractivity contribution is -0.384. The zero-order valence-electron chi connectivity index (χ0n) is 14.1. The summed E-state index contributed by atoms with van der Waals surface area (Å²) in [6.45, 7) is 0. The number of carbonyl (C=O) groups is 1. The molecule has 0 aliphatic heterocycles. The third kappa shape index (κ3) is 4.60. The molecule has 3 aromatic rings. The number of rotatable bonds is 6. The highest BCUT2D eigenvalue weighted by atomic mass is 16.6. The number of nitrogens with zero attached hydrogens (tertiary/aromatic N) is 3. The number of non-ortho nitro benzene ring substituents is 1. The van der Waals surface area contributed by atoms with Gasteiger partial charge in [-0.15, -0.1) is 0 Å². The van der Waals surface area contributed by atoms with E-state index in [9.17, 15) is 19.7 Å². The van der Waals surface area contributed by atoms with Gasteiger partial charge in [-0.1, -0.05) is 24.3 Å². The van der Waals surface area contributed by atoms with Gasteiger partial charge in [0.25, 0.3) is 11.2 Å². The number of fused-ring (bicyclic) bond motifs is 1. The van der Waals surface area contributed by atoms with E-state index in [4.69, 9.17) is 0 Å². The van der Waals surface area contributed by atoms with Gasteiger partial charge in [-0.2, -0.15) is 5.10 Å². The molecular formula is C18H15N5O4. The first-order valence-corrected chi connectivity index (χ1v) is 8.07. The number of aryl methyl sites for hydroxylation is 1. The van der Waals surface area contributed by atoms with Crippen molar-refractivity contribution in [2.24, 2.45) is 5.10 Å². The van der Waals surface area contributed by atoms with E-state index < -0.39 is 10.8 Å². The number of nitrogens with one attached hydrogen (secondary N) is 2. The van der Waals surface area contributed by atoms with Crippen molar-refractivity contribution in [2.75, 3.05) is 0 Å². The first-order valence-electron chi connectivity index (χ1n) is 8.07. The van der Waals surface area contributed by atoms with Gasteiger partial charge in [-0.05, 0) is 12.1 Å². The summed E-state index contributed by atoms with van der Waals surface area (Å²) in [4.78, 5) is 41.1. The maximum absolute atomic E-state index is 12.0. The van der Waals surface area contributed by atoms with Crippen molar-refractivity contribution in [2.45, 2.75) is 12.8 Å². The number of aromatic amines is 1. The van der Waals surface area contributed by atoms with Gasteiger partial charge in [-0.3, -0.25) is 19.7 Å². The predicted molar refractivity (Wildman–Crippen MR) is 99.5 cm³/mol. The van der Waals surface area contributed by atoms with E-state index in [0.717, 1.165) is 0 Å². The zero-order valence-corrected chi connectivity index (χ0v) is 14.1. The Bertz CT molecular complexity index is 1090. The standard InChI is InChI=1S/C18H15N5O4/c24-17(22-19-11-12-4-3-5-13(10-12)23(26)27)9-8-16-18(25)21-15-7-2-1-6-14(15)20-16/h1-7,10-11H,8-9H2,(H,21,25)(H,22,24)/b19-11+. The Labute approximate surface area is 152 Å². The predicted octanol–water partition coefficient (Wildman–Crippen LogP) is 1.91. The van der Waals surface area contributed by atoms with Crippen LogP contribution in [-0.2, 0) is 11.2 Å². The third-order valence-corrected chi connectivity index (χ3v) is 3.74. The van der Waals surface area contributed by atoms with Crippen LogP contribution in [0.3, 0.4) is 0 Å². The van der Waals surface area contributed by atoms with Crippen molar-refractivity contribution in [3.8, 4) is 0 Å². The second-order valence-corrected chi connectivity index (χ2v) is 5.68. The van der Waals surface area contributed by atoms with Crippen LogP contribution in [-0.4, -0.2) is 27.0 Å². The van der Waals surface area contributed by atoms with Crippen LogP contribution >= 0.6 is 0 Å². The highest BCUT2D eigenvalue weighted by Crippen LogP contribution is 2.11. The maximum Gasteiger partial charge on any atom is 0.270 e. The summed E-state index contributed by atoms with van der Waals surface area (Å²) < 4.78 is 0. The number of nitro groups is 1. The van der Waals surface area contributed by atoms with E-state index in [1.54, 1.807) is 24.3 Å². The summed E-state index contributed by atoms with van der Waals surface area (Å²) in [7, 11) is 0. The van der Waals surface area contributed by atoms with Gasteiger partial charge in [-0.25, -0.2) is 10.4 Å². The van der Waals surface area contributed by atoms with Crippen LogP contribution in [0.5, 0.6) is 0 Å². The lowest BCUT2D eigenvalue weighted by Crippen LogP contribution is -2.21. The topological polar surface area (TPSA) is 130 Å². The Morgan fingerprint density at radius 1 is 1.26 bits per heavy atom. The van der Waals surface area contributed by atoms with Crippen LogP contribution in [0.25, 0.3) is 11.0 Å². The molecule has 9 heteroatoms. The fraction of sp³-hybridized carbons (Fsp3) is 0.111. The van der Waals surface area contributed by atoms with Crippen LogP contribution in [0.1, 0.15) is 17.7 Å². The number of hydrogen-bond acceptors (Lipinski definition) is 6. The maximum atomic E-state index is 12.0. The number of nitro benzene ring substituents is 1. The second-order valence-electron chi connectivity index (χ2n) is 5.68. The van der Waals surface area contributed by atoms with Crippen LogP contribution in [0.2, 0.25) is 0 Å². The lowest BCUT2D eigenvalue weighted by atomic mass is 10.2. The number of para-hydroxylation sites is 2. The molecule has 3 rings (SSSR count). The normalized spacial score (nSPS) is 11.0. The minimum atomic E-state index is -0.510. The molecule has 0 saturated carbocycles. The minimum Gasteiger partial charge on any atom is -0.319 e. The number of H-pyrrole nitrogens is 1. The molecule has 0 spiro atoms. The molecule has 0 aliphatic rings. The van der Waals surface area contributed by atoms with Crippen molar-refractivity contribution in [1.82, 2.24) is 15.4 Å². The molecule has 0 saturated heterocycles. The first-order chi connectivity index (χ1) is 13.0. The average molecular weight is 365 g/mol. The van der Waals surface area contributed by atoms with Crippen molar-refractivity contribution in [1.29, 1.82) is 0 Å². The van der Waals surface area contributed by atoms with E-state index >= 15 is 0 Å². The number of carbonyl (C=O) groups excluding carboxylic acids is 1. The Morgan fingerprint density at radius 2 is 2.07 bits per heavy atom. The first kappa shape index (κ1) is 17.9. The SMILES string of the molecule is O=C(CCc1nc2ccccc2[nH]c1=O)N/N=C/c1cccc([N+](=O)[O-])c1. The second kappa shape index (κ2) is 8.00. The zero-order chi connectivity index (χ0) is 19.2. The van der Waals surface area contributed by atoms with E-state index in [1.165, 1.54) is 24.4 Å². The smallest absolute Gasteiger partial charge is 0.270 e. The molecule has 136 valence electrons. The van der Waals surface area contributed by atoms with Crippen LogP contribution in [0.4, 0.5) is 5.69 Å². The van der Waals surface area contributed by atoms with Gasteiger partial charge in [0.1, 0.15) is 5.69 Å². The summed E-state index contributed by atoms with van der Waals surface area (Å²) in [5.74, 6) is -0.397. The van der Waals surface area contributed by atoms with Gasteiger partial charge >= 0.3 is 0 Å². The summed E-state index contributed by atoms with van der Waals surface area (Å²) >= 11 is 0. The van der Waals surface area contributed by atoms with Crippen molar-refractivity contribution in [3.05, 3.63) is 80.3 Å². The Morgan fingerprint density at radius 3 is 2.89 bits per heavy atom. The van der Waals surface area contributed by atoms with Crippen LogP contribution in [0, 0.1) is 10.1 Å². The summed E-state index contributed by atoms with van der Waals surface area (Å²) in [6.07, 6.45) is 1.50. The molecule has 1 aromatic heterocycles. The number of hydrazone groups is 1. The molecule has 1 amide bonds. The average Bonchev–Trinajstić information content (AvgIpc) is 2.66. The van der Waals surface area contributed by atoms with Crippen LogP contribution < -0.4 is 11.0 Å². The van der Waals surface area contributed by atoms with E-state index in [0.29, 0.717) is 16.6 Å². The molecule has 27 heavy (non-hydrogen) atoms. The van der Waals surface area contributed by atoms with E-state index in [1.807, 2.05) is 6.07 Å². The summed E-state index contributed by atoms with van der Waals surface area (Å²) in [5.41, 5.74) is 3.97. The Kier molecular flexibility index (Phi) is 5.31. The minimum absolute atomic E-state index is 0.0285. The molecule has 0 atom stereocenters. The molecule has 9 nitrogen and oxygen atoms in total. The number of hydrogen-bond donors (Lipinski definition) is 2. The van der Waals surface area contributed by atoms with Crippen LogP contribution in [0.15, 0.2) is 58.4 Å². The largest absolute Gasteiger partial charge is 0.319 e. The van der Waals surface area contributed by atoms with E-state index in [2.05, 4.69) is 20.5 Å². The van der Waals surface area contributed by atoms with Gasteiger partial charge < -0.3 is 4.98 Å². The van der Waals surface area contributed by atoms with Crippen molar-refractivity contribution in [3.63, 3.8) is 0 Å². The molecule has 0 bridgehead atoms. The molecule has 2 aromatic carbocycles. The number of aromatic nitrogens is 2. The summed E-state index contributed by atoms with van der Waals surface area (Å²) in [5, 5.41) is 14.5. The number of amides is 1. The fourth-order valence-corrected chi connectivity index (χ4v) is 2.42.